The van der Waals surface area contributed by atoms with Crippen molar-refractivity contribution in [3.8, 4) is 0 Å². The summed E-state index contributed by atoms with van der Waals surface area (Å²) in [6.45, 7) is 2.01. The number of hydrogen-bond acceptors (Lipinski definition) is 2. The quantitative estimate of drug-likeness (QED) is 0.655. The maximum absolute atomic E-state index is 13.8. The number of benzene rings is 2. The van der Waals surface area contributed by atoms with Gasteiger partial charge in [-0.15, -0.1) is 0 Å². The van der Waals surface area contributed by atoms with Crippen LogP contribution in [0.5, 0.6) is 0 Å². The number of nitrogens with two attached hydrogens (primary N) is 1. The van der Waals surface area contributed by atoms with Crippen LogP contribution in [-0.2, 0) is 0 Å². The van der Waals surface area contributed by atoms with Gasteiger partial charge in [0.2, 0.25) is 0 Å². The van der Waals surface area contributed by atoms with Gasteiger partial charge in [-0.25, -0.2) is 4.39 Å². The Kier molecular flexibility index (Phi) is 3.51. The predicted molar refractivity (Wildman–Crippen MR) is 76.7 cm³/mol. The van der Waals surface area contributed by atoms with Gasteiger partial charge >= 0.3 is 0 Å². The van der Waals surface area contributed by atoms with E-state index in [4.69, 9.17) is 11.1 Å². The van der Waals surface area contributed by atoms with Crippen molar-refractivity contribution in [2.75, 3.05) is 11.9 Å². The molecule has 3 N–H and O–H groups in total. The predicted octanol–water partition coefficient (Wildman–Crippen LogP) is 3.19. The third-order valence-electron chi connectivity index (χ3n) is 3.04. The lowest BCUT2D eigenvalue weighted by Gasteiger charge is -2.22. The summed E-state index contributed by atoms with van der Waals surface area (Å²) in [6.07, 6.45) is 0. The van der Waals surface area contributed by atoms with Crippen LogP contribution in [0.1, 0.15) is 11.1 Å². The van der Waals surface area contributed by atoms with Crippen molar-refractivity contribution >= 4 is 17.2 Å². The summed E-state index contributed by atoms with van der Waals surface area (Å²) >= 11 is 0. The van der Waals surface area contributed by atoms with Crippen LogP contribution in [0.25, 0.3) is 0 Å². The molecule has 0 aromatic heterocycles. The number of amidine groups is 1. The molecular formula is C15H16FN3. The van der Waals surface area contributed by atoms with E-state index < -0.39 is 5.82 Å². The van der Waals surface area contributed by atoms with Gasteiger partial charge in [0.1, 0.15) is 11.7 Å². The van der Waals surface area contributed by atoms with Gasteiger partial charge in [0, 0.05) is 12.7 Å². The second-order valence-corrected chi connectivity index (χ2v) is 4.44. The molecule has 0 saturated heterocycles. The first kappa shape index (κ1) is 13.1. The van der Waals surface area contributed by atoms with Gasteiger partial charge in [0.15, 0.2) is 0 Å². The maximum atomic E-state index is 13.8. The molecule has 2 aromatic carbocycles. The lowest BCUT2D eigenvalue weighted by molar-refractivity contribution is 0.625. The van der Waals surface area contributed by atoms with E-state index in [1.807, 2.05) is 43.1 Å². The van der Waals surface area contributed by atoms with Gasteiger partial charge in [-0.1, -0.05) is 23.8 Å². The molecule has 0 aliphatic carbocycles. The van der Waals surface area contributed by atoms with E-state index in [9.17, 15) is 4.39 Å². The molecule has 0 spiro atoms. The van der Waals surface area contributed by atoms with Crippen LogP contribution in [0.2, 0.25) is 0 Å². The standard InChI is InChI=1S/C15H16FN3/c1-10-6-8-11(9-7-10)19(2)13-5-3-4-12(16)14(13)15(17)18/h3-9H,1-2H3,(H3,17,18). The van der Waals surface area contributed by atoms with E-state index in [0.717, 1.165) is 11.3 Å². The Labute approximate surface area is 112 Å². The summed E-state index contributed by atoms with van der Waals surface area (Å²) in [5.41, 5.74) is 8.25. The molecule has 0 unspecified atom stereocenters. The zero-order valence-corrected chi connectivity index (χ0v) is 10.9. The minimum atomic E-state index is -0.482. The SMILES string of the molecule is Cc1ccc(N(C)c2cccc(F)c2C(=N)N)cc1. The van der Waals surface area contributed by atoms with Crippen molar-refractivity contribution < 1.29 is 4.39 Å². The zero-order valence-electron chi connectivity index (χ0n) is 10.9. The van der Waals surface area contributed by atoms with Crippen LogP contribution in [0.15, 0.2) is 42.5 Å². The summed E-state index contributed by atoms with van der Waals surface area (Å²) in [5.74, 6) is -0.754. The third kappa shape index (κ3) is 2.57. The molecule has 0 bridgehead atoms. The summed E-state index contributed by atoms with van der Waals surface area (Å²) in [7, 11) is 1.83. The topological polar surface area (TPSA) is 53.1 Å². The molecule has 0 fully saturated rings. The average molecular weight is 257 g/mol. The van der Waals surface area contributed by atoms with Gasteiger partial charge in [-0.3, -0.25) is 5.41 Å². The van der Waals surface area contributed by atoms with E-state index in [2.05, 4.69) is 0 Å². The number of nitrogens with zero attached hydrogens (tertiary/aromatic N) is 1. The smallest absolute Gasteiger partial charge is 0.136 e. The Bertz CT molecular complexity index is 605. The van der Waals surface area contributed by atoms with Gasteiger partial charge in [0.05, 0.1) is 11.3 Å². The number of aryl methyl sites for hydroxylation is 1. The number of halogens is 1. The minimum Gasteiger partial charge on any atom is -0.384 e. The van der Waals surface area contributed by atoms with Gasteiger partial charge < -0.3 is 10.6 Å². The van der Waals surface area contributed by atoms with E-state index in [-0.39, 0.29) is 11.4 Å². The van der Waals surface area contributed by atoms with E-state index in [1.54, 1.807) is 12.1 Å². The summed E-state index contributed by atoms with van der Waals surface area (Å²) in [4.78, 5) is 1.82. The molecule has 0 heterocycles. The Morgan fingerprint density at radius 1 is 1.16 bits per heavy atom. The van der Waals surface area contributed by atoms with Crippen molar-refractivity contribution in [3.05, 3.63) is 59.4 Å². The Balaban J connectivity index is 2.49. The molecule has 0 aliphatic heterocycles. The minimum absolute atomic E-state index is 0.130. The third-order valence-corrected chi connectivity index (χ3v) is 3.04. The lowest BCUT2D eigenvalue weighted by atomic mass is 10.1. The molecule has 0 radical (unpaired) electrons. The highest BCUT2D eigenvalue weighted by Gasteiger charge is 2.15. The molecule has 0 aliphatic rings. The van der Waals surface area contributed by atoms with E-state index in [0.29, 0.717) is 5.69 Å². The fourth-order valence-electron chi connectivity index (χ4n) is 1.97. The lowest BCUT2D eigenvalue weighted by Crippen LogP contribution is -2.20. The Morgan fingerprint density at radius 2 is 1.79 bits per heavy atom. The summed E-state index contributed by atoms with van der Waals surface area (Å²) in [6, 6.07) is 12.5. The van der Waals surface area contributed by atoms with Crippen LogP contribution >= 0.6 is 0 Å². The van der Waals surface area contributed by atoms with Gasteiger partial charge in [-0.05, 0) is 31.2 Å². The maximum Gasteiger partial charge on any atom is 0.136 e. The van der Waals surface area contributed by atoms with Crippen molar-refractivity contribution in [1.29, 1.82) is 5.41 Å². The normalized spacial score (nSPS) is 10.3. The van der Waals surface area contributed by atoms with Crippen molar-refractivity contribution in [2.45, 2.75) is 6.92 Å². The highest BCUT2D eigenvalue weighted by molar-refractivity contribution is 6.01. The fraction of sp³-hybridized carbons (Fsp3) is 0.133. The molecule has 0 amide bonds. The van der Waals surface area contributed by atoms with Crippen LogP contribution in [0.3, 0.4) is 0 Å². The number of rotatable bonds is 3. The van der Waals surface area contributed by atoms with Crippen LogP contribution in [0, 0.1) is 18.2 Å². The monoisotopic (exact) mass is 257 g/mol. The molecule has 3 nitrogen and oxygen atoms in total. The highest BCUT2D eigenvalue weighted by atomic mass is 19.1. The van der Waals surface area contributed by atoms with Gasteiger partial charge in [0.25, 0.3) is 0 Å². The number of anilines is 2. The van der Waals surface area contributed by atoms with Crippen molar-refractivity contribution in [3.63, 3.8) is 0 Å². The highest BCUT2D eigenvalue weighted by Crippen LogP contribution is 2.28. The summed E-state index contributed by atoms with van der Waals surface area (Å²) in [5, 5.41) is 7.52. The Hall–Kier alpha value is -2.36. The fourth-order valence-corrected chi connectivity index (χ4v) is 1.97. The van der Waals surface area contributed by atoms with Crippen LogP contribution in [-0.4, -0.2) is 12.9 Å². The van der Waals surface area contributed by atoms with Gasteiger partial charge in [-0.2, -0.15) is 0 Å². The molecular weight excluding hydrogens is 241 g/mol. The average Bonchev–Trinajstić information content (AvgIpc) is 2.38. The molecule has 19 heavy (non-hydrogen) atoms. The zero-order chi connectivity index (χ0) is 14.0. The molecule has 2 rings (SSSR count). The molecule has 0 saturated carbocycles. The van der Waals surface area contributed by atoms with Crippen LogP contribution in [0.4, 0.5) is 15.8 Å². The first-order valence-corrected chi connectivity index (χ1v) is 5.94. The van der Waals surface area contributed by atoms with Crippen LogP contribution < -0.4 is 10.6 Å². The molecule has 4 heteroatoms. The second-order valence-electron chi connectivity index (χ2n) is 4.44. The van der Waals surface area contributed by atoms with E-state index >= 15 is 0 Å². The largest absolute Gasteiger partial charge is 0.384 e. The van der Waals surface area contributed by atoms with Crippen molar-refractivity contribution in [2.24, 2.45) is 5.73 Å². The summed E-state index contributed by atoms with van der Waals surface area (Å²) < 4.78 is 13.8. The number of hydrogen-bond donors (Lipinski definition) is 2. The molecule has 0 atom stereocenters. The number of nitrogens with one attached hydrogen (secondary N) is 1. The number of nitrogen functional groups attached to an aromatic ring is 1. The second kappa shape index (κ2) is 5.10. The van der Waals surface area contributed by atoms with E-state index in [1.165, 1.54) is 6.07 Å². The first-order valence-electron chi connectivity index (χ1n) is 5.94. The van der Waals surface area contributed by atoms with Crippen molar-refractivity contribution in [1.82, 2.24) is 0 Å². The molecule has 2 aromatic rings. The Morgan fingerprint density at radius 3 is 2.37 bits per heavy atom. The molecule has 98 valence electrons. The first-order chi connectivity index (χ1) is 9.00.